The average molecular weight is 293 g/mol. The number of thiophene rings is 1. The van der Waals surface area contributed by atoms with E-state index in [1.54, 1.807) is 23.7 Å². The second-order valence-electron chi connectivity index (χ2n) is 4.59. The topological polar surface area (TPSA) is 57.8 Å². The van der Waals surface area contributed by atoms with Crippen molar-refractivity contribution in [3.05, 3.63) is 39.3 Å². The second-order valence-corrected chi connectivity index (χ2v) is 6.83. The van der Waals surface area contributed by atoms with Gasteiger partial charge < -0.3 is 5.32 Å². The molecule has 0 bridgehead atoms. The summed E-state index contributed by atoms with van der Waals surface area (Å²) in [6.07, 6.45) is 4.64. The minimum Gasteiger partial charge on any atom is -0.345 e. The number of rotatable bonds is 3. The lowest BCUT2D eigenvalue weighted by molar-refractivity contribution is 0.0944. The van der Waals surface area contributed by atoms with Crippen LogP contribution in [0.3, 0.4) is 0 Å². The van der Waals surface area contributed by atoms with Crippen LogP contribution >= 0.6 is 23.1 Å². The smallest absolute Gasteiger partial charge is 0.261 e. The Morgan fingerprint density at radius 3 is 3.21 bits per heavy atom. The number of aromatic nitrogens is 2. The number of carbonyl (C=O) groups is 1. The maximum Gasteiger partial charge on any atom is 0.261 e. The van der Waals surface area contributed by atoms with Gasteiger partial charge >= 0.3 is 0 Å². The van der Waals surface area contributed by atoms with Gasteiger partial charge in [-0.3, -0.25) is 9.89 Å². The third-order valence-electron chi connectivity index (χ3n) is 3.22. The highest BCUT2D eigenvalue weighted by Crippen LogP contribution is 2.31. The Kier molecular flexibility index (Phi) is 3.61. The number of carbonyl (C=O) groups excluding carboxylic acids is 1. The molecule has 1 aliphatic rings. The van der Waals surface area contributed by atoms with Gasteiger partial charge in [-0.15, -0.1) is 11.3 Å². The van der Waals surface area contributed by atoms with Crippen LogP contribution in [0.25, 0.3) is 0 Å². The number of amides is 1. The molecule has 1 amide bonds. The van der Waals surface area contributed by atoms with Crippen molar-refractivity contribution in [2.24, 2.45) is 0 Å². The molecule has 1 atom stereocenters. The van der Waals surface area contributed by atoms with E-state index in [1.807, 2.05) is 24.8 Å². The summed E-state index contributed by atoms with van der Waals surface area (Å²) in [4.78, 5) is 14.4. The van der Waals surface area contributed by atoms with Crippen molar-refractivity contribution in [3.63, 3.8) is 0 Å². The van der Waals surface area contributed by atoms with E-state index >= 15 is 0 Å². The highest BCUT2D eigenvalue weighted by atomic mass is 32.2. The molecule has 4 nitrogen and oxygen atoms in total. The van der Waals surface area contributed by atoms with Gasteiger partial charge in [-0.05, 0) is 30.7 Å². The molecule has 0 saturated carbocycles. The van der Waals surface area contributed by atoms with Crippen molar-refractivity contribution in [2.75, 3.05) is 5.75 Å². The highest BCUT2D eigenvalue weighted by molar-refractivity contribution is 7.98. The maximum absolute atomic E-state index is 12.2. The summed E-state index contributed by atoms with van der Waals surface area (Å²) in [6, 6.07) is 2.02. The summed E-state index contributed by atoms with van der Waals surface area (Å²) in [7, 11) is 0. The molecule has 6 heteroatoms. The lowest BCUT2D eigenvalue weighted by Gasteiger charge is -2.10. The van der Waals surface area contributed by atoms with Crippen molar-refractivity contribution in [1.82, 2.24) is 15.5 Å². The molecule has 0 aromatic carbocycles. The Balaban J connectivity index is 1.72. The van der Waals surface area contributed by atoms with Crippen molar-refractivity contribution in [2.45, 2.75) is 25.1 Å². The standard InChI is InChI=1S/C13H15N3OS2/c1-8(10-5-14-15-6-10)16-13(17)12-4-9-7-18-3-2-11(9)19-12/h4-6,8H,2-3,7H2,1H3,(H,14,15)(H,16,17). The fourth-order valence-corrected chi connectivity index (χ4v) is 4.38. The van der Waals surface area contributed by atoms with Crippen molar-refractivity contribution in [1.29, 1.82) is 0 Å². The first kappa shape index (κ1) is 12.7. The molecule has 0 fully saturated rings. The normalized spacial score (nSPS) is 15.8. The van der Waals surface area contributed by atoms with Gasteiger partial charge in [0.1, 0.15) is 0 Å². The Morgan fingerprint density at radius 2 is 2.47 bits per heavy atom. The zero-order valence-corrected chi connectivity index (χ0v) is 12.2. The molecule has 3 rings (SSSR count). The van der Waals surface area contributed by atoms with E-state index in [4.69, 9.17) is 0 Å². The van der Waals surface area contributed by atoms with Crippen LogP contribution in [0.15, 0.2) is 18.5 Å². The molecule has 0 radical (unpaired) electrons. The molecule has 1 unspecified atom stereocenters. The van der Waals surface area contributed by atoms with Crippen LogP contribution in [0.5, 0.6) is 0 Å². The molecular formula is C13H15N3OS2. The van der Waals surface area contributed by atoms with Crippen LogP contribution in [0.2, 0.25) is 0 Å². The lowest BCUT2D eigenvalue weighted by Crippen LogP contribution is -2.25. The summed E-state index contributed by atoms with van der Waals surface area (Å²) in [6.45, 7) is 1.96. The third-order valence-corrected chi connectivity index (χ3v) is 5.46. The molecule has 100 valence electrons. The summed E-state index contributed by atoms with van der Waals surface area (Å²) in [5.41, 5.74) is 2.33. The quantitative estimate of drug-likeness (QED) is 0.915. The van der Waals surface area contributed by atoms with Gasteiger partial charge in [0.25, 0.3) is 5.91 Å². The first-order valence-corrected chi connectivity index (χ1v) is 8.20. The number of nitrogens with zero attached hydrogens (tertiary/aromatic N) is 1. The monoisotopic (exact) mass is 293 g/mol. The van der Waals surface area contributed by atoms with Gasteiger partial charge in [-0.25, -0.2) is 0 Å². The summed E-state index contributed by atoms with van der Waals surface area (Å²) < 4.78 is 0. The van der Waals surface area contributed by atoms with Crippen molar-refractivity contribution >= 4 is 29.0 Å². The van der Waals surface area contributed by atoms with Crippen LogP contribution in [0.4, 0.5) is 0 Å². The zero-order valence-electron chi connectivity index (χ0n) is 10.6. The number of thioether (sulfide) groups is 1. The first-order valence-electron chi connectivity index (χ1n) is 6.23. The third kappa shape index (κ3) is 2.69. The Labute approximate surface area is 120 Å². The Hall–Kier alpha value is -1.27. The molecular weight excluding hydrogens is 278 g/mol. The Bertz CT molecular complexity index is 553. The van der Waals surface area contributed by atoms with Gasteiger partial charge in [0.15, 0.2) is 0 Å². The van der Waals surface area contributed by atoms with Crippen LogP contribution in [-0.2, 0) is 12.2 Å². The van der Waals surface area contributed by atoms with E-state index in [9.17, 15) is 4.79 Å². The second kappa shape index (κ2) is 5.38. The fraction of sp³-hybridized carbons (Fsp3) is 0.385. The molecule has 2 N–H and O–H groups in total. The molecule has 0 aliphatic carbocycles. The van der Waals surface area contributed by atoms with Gasteiger partial charge in [0.2, 0.25) is 0 Å². The van der Waals surface area contributed by atoms with Gasteiger partial charge in [-0.1, -0.05) is 0 Å². The average Bonchev–Trinajstić information content (AvgIpc) is 3.07. The summed E-state index contributed by atoms with van der Waals surface area (Å²) in [5, 5.41) is 9.67. The summed E-state index contributed by atoms with van der Waals surface area (Å²) >= 11 is 3.57. The molecule has 0 saturated heterocycles. The molecule has 19 heavy (non-hydrogen) atoms. The van der Waals surface area contributed by atoms with Crippen LogP contribution in [0.1, 0.15) is 38.6 Å². The molecule has 2 aromatic rings. The van der Waals surface area contributed by atoms with Crippen LogP contribution in [-0.4, -0.2) is 21.9 Å². The lowest BCUT2D eigenvalue weighted by atomic mass is 10.2. The van der Waals surface area contributed by atoms with E-state index < -0.39 is 0 Å². The number of fused-ring (bicyclic) bond motifs is 1. The van der Waals surface area contributed by atoms with E-state index in [0.717, 1.165) is 22.6 Å². The van der Waals surface area contributed by atoms with Gasteiger partial charge in [0, 0.05) is 22.4 Å². The number of H-pyrrole nitrogens is 1. The van der Waals surface area contributed by atoms with Crippen LogP contribution < -0.4 is 5.32 Å². The SMILES string of the molecule is CC(NC(=O)c1cc2c(s1)CCSC2)c1cn[nH]c1. The number of nitrogens with one attached hydrogen (secondary N) is 2. The van der Waals surface area contributed by atoms with E-state index in [2.05, 4.69) is 15.5 Å². The largest absolute Gasteiger partial charge is 0.345 e. The molecule has 3 heterocycles. The van der Waals surface area contributed by atoms with Gasteiger partial charge in [0.05, 0.1) is 17.1 Å². The number of hydrogen-bond donors (Lipinski definition) is 2. The number of hydrogen-bond acceptors (Lipinski definition) is 4. The predicted molar refractivity (Wildman–Crippen MR) is 78.7 cm³/mol. The van der Waals surface area contributed by atoms with Crippen molar-refractivity contribution in [3.8, 4) is 0 Å². The fourth-order valence-electron chi connectivity index (χ4n) is 2.11. The van der Waals surface area contributed by atoms with E-state index in [1.165, 1.54) is 16.2 Å². The summed E-state index contributed by atoms with van der Waals surface area (Å²) in [5.74, 6) is 2.22. The minimum absolute atomic E-state index is 0.0121. The van der Waals surface area contributed by atoms with E-state index in [-0.39, 0.29) is 11.9 Å². The minimum atomic E-state index is -0.0280. The maximum atomic E-state index is 12.2. The zero-order chi connectivity index (χ0) is 13.2. The van der Waals surface area contributed by atoms with Crippen LogP contribution in [0, 0.1) is 0 Å². The highest BCUT2D eigenvalue weighted by Gasteiger charge is 2.19. The Morgan fingerprint density at radius 1 is 1.58 bits per heavy atom. The van der Waals surface area contributed by atoms with Gasteiger partial charge in [-0.2, -0.15) is 16.9 Å². The predicted octanol–water partition coefficient (Wildman–Crippen LogP) is 2.75. The number of aryl methyl sites for hydroxylation is 1. The molecule has 1 aliphatic heterocycles. The first-order chi connectivity index (χ1) is 9.24. The number of aromatic amines is 1. The van der Waals surface area contributed by atoms with Crippen molar-refractivity contribution < 1.29 is 4.79 Å². The molecule has 2 aromatic heterocycles. The molecule has 0 spiro atoms. The van der Waals surface area contributed by atoms with E-state index in [0.29, 0.717) is 0 Å².